The van der Waals surface area contributed by atoms with E-state index in [2.05, 4.69) is 24.4 Å². The molecule has 6 nitrogen and oxygen atoms in total. The number of aromatic nitrogens is 1. The fourth-order valence-corrected chi connectivity index (χ4v) is 4.66. The van der Waals surface area contributed by atoms with Crippen LogP contribution in [0, 0.1) is 13.8 Å². The summed E-state index contributed by atoms with van der Waals surface area (Å²) in [6.45, 7) is 3.75. The number of carbonyl (C=O) groups is 1. The molecule has 164 valence electrons. The molecule has 5 rings (SSSR count). The summed E-state index contributed by atoms with van der Waals surface area (Å²) in [4.78, 5) is 28.6. The molecular weight excluding hydrogens is 436 g/mol. The van der Waals surface area contributed by atoms with Crippen LogP contribution in [0.5, 0.6) is 5.75 Å². The van der Waals surface area contributed by atoms with Crippen molar-refractivity contribution in [2.75, 3.05) is 11.9 Å². The van der Waals surface area contributed by atoms with Crippen molar-refractivity contribution in [3.05, 3.63) is 88.3 Å². The van der Waals surface area contributed by atoms with Crippen LogP contribution in [0.1, 0.15) is 11.1 Å². The minimum Gasteiger partial charge on any atom is -0.484 e. The second-order valence-electron chi connectivity index (χ2n) is 7.81. The highest BCUT2D eigenvalue weighted by atomic mass is 32.1. The van der Waals surface area contributed by atoms with Gasteiger partial charge in [-0.1, -0.05) is 6.07 Å². The number of fused-ring (bicyclic) bond motifs is 2. The maximum Gasteiger partial charge on any atom is 0.336 e. The molecule has 2 aromatic heterocycles. The molecule has 0 aliphatic heterocycles. The van der Waals surface area contributed by atoms with Crippen molar-refractivity contribution >= 4 is 44.1 Å². The lowest BCUT2D eigenvalue weighted by molar-refractivity contribution is -0.118. The lowest BCUT2D eigenvalue weighted by atomic mass is 10.1. The molecule has 5 aromatic rings. The third-order valence-corrected chi connectivity index (χ3v) is 6.32. The summed E-state index contributed by atoms with van der Waals surface area (Å²) in [5, 5.41) is 4.59. The van der Waals surface area contributed by atoms with E-state index in [4.69, 9.17) is 14.1 Å². The highest BCUT2D eigenvalue weighted by molar-refractivity contribution is 7.21. The minimum absolute atomic E-state index is 0.166. The molecule has 7 heteroatoms. The van der Waals surface area contributed by atoms with Crippen molar-refractivity contribution in [1.29, 1.82) is 0 Å². The average Bonchev–Trinajstić information content (AvgIpc) is 3.21. The summed E-state index contributed by atoms with van der Waals surface area (Å²) in [6.07, 6.45) is 0. The van der Waals surface area contributed by atoms with Crippen molar-refractivity contribution in [2.45, 2.75) is 13.8 Å². The van der Waals surface area contributed by atoms with Crippen LogP contribution in [0.3, 0.4) is 0 Å². The number of amides is 1. The van der Waals surface area contributed by atoms with Crippen LogP contribution < -0.4 is 15.7 Å². The van der Waals surface area contributed by atoms with Gasteiger partial charge < -0.3 is 14.5 Å². The highest BCUT2D eigenvalue weighted by Gasteiger charge is 2.09. The maximum atomic E-state index is 12.3. The van der Waals surface area contributed by atoms with Gasteiger partial charge in [0.2, 0.25) is 0 Å². The molecule has 0 saturated heterocycles. The monoisotopic (exact) mass is 456 g/mol. The lowest BCUT2D eigenvalue weighted by Crippen LogP contribution is -2.20. The van der Waals surface area contributed by atoms with Crippen LogP contribution in [0.15, 0.2) is 75.9 Å². The van der Waals surface area contributed by atoms with Gasteiger partial charge in [0.25, 0.3) is 5.91 Å². The van der Waals surface area contributed by atoms with Gasteiger partial charge in [-0.15, -0.1) is 11.3 Å². The zero-order valence-corrected chi connectivity index (χ0v) is 18.9. The van der Waals surface area contributed by atoms with Crippen molar-refractivity contribution in [3.8, 4) is 16.3 Å². The van der Waals surface area contributed by atoms with E-state index in [0.29, 0.717) is 17.0 Å². The Kier molecular flexibility index (Phi) is 5.40. The Balaban J connectivity index is 1.23. The van der Waals surface area contributed by atoms with Gasteiger partial charge in [0.15, 0.2) is 6.61 Å². The Hall–Kier alpha value is -3.97. The number of rotatable bonds is 5. The van der Waals surface area contributed by atoms with E-state index in [0.717, 1.165) is 31.7 Å². The van der Waals surface area contributed by atoms with Gasteiger partial charge in [0, 0.05) is 28.8 Å². The van der Waals surface area contributed by atoms with E-state index < -0.39 is 5.63 Å². The number of nitrogens with one attached hydrogen (secondary N) is 1. The quantitative estimate of drug-likeness (QED) is 0.343. The molecule has 2 heterocycles. The number of carbonyl (C=O) groups excluding carboxylic acids is 1. The molecule has 0 saturated carbocycles. The van der Waals surface area contributed by atoms with Crippen LogP contribution in [-0.4, -0.2) is 17.5 Å². The summed E-state index contributed by atoms with van der Waals surface area (Å²) in [7, 11) is 0. The molecule has 0 bridgehead atoms. The van der Waals surface area contributed by atoms with Gasteiger partial charge in [-0.2, -0.15) is 0 Å². The minimum atomic E-state index is -0.417. The summed E-state index contributed by atoms with van der Waals surface area (Å²) in [5.41, 5.74) is 4.70. The Labute approximate surface area is 193 Å². The second kappa shape index (κ2) is 8.52. The molecule has 1 amide bonds. The molecule has 33 heavy (non-hydrogen) atoms. The number of nitrogens with zero attached hydrogens (tertiary/aromatic N) is 1. The number of thiazole rings is 1. The van der Waals surface area contributed by atoms with Crippen molar-refractivity contribution < 1.29 is 13.9 Å². The van der Waals surface area contributed by atoms with Crippen molar-refractivity contribution in [3.63, 3.8) is 0 Å². The third kappa shape index (κ3) is 4.49. The molecule has 1 N–H and O–H groups in total. The summed E-state index contributed by atoms with van der Waals surface area (Å²) in [5.74, 6) is 0.164. The Morgan fingerprint density at radius 3 is 2.67 bits per heavy atom. The van der Waals surface area contributed by atoms with E-state index in [1.54, 1.807) is 23.5 Å². The SMILES string of the molecule is Cc1ccc2nc(-c3ccc(NC(=O)COc4ccc5c(C)cc(=O)oc5c4)cc3)sc2c1. The van der Waals surface area contributed by atoms with Crippen LogP contribution in [0.2, 0.25) is 0 Å². The average molecular weight is 457 g/mol. The first-order chi connectivity index (χ1) is 15.9. The summed E-state index contributed by atoms with van der Waals surface area (Å²) in [6, 6.07) is 20.4. The molecule has 0 fully saturated rings. The number of ether oxygens (including phenoxy) is 1. The number of anilines is 1. The maximum absolute atomic E-state index is 12.3. The van der Waals surface area contributed by atoms with Crippen LogP contribution in [-0.2, 0) is 4.79 Å². The summed E-state index contributed by atoms with van der Waals surface area (Å²) < 4.78 is 12.0. The lowest BCUT2D eigenvalue weighted by Gasteiger charge is -2.09. The van der Waals surface area contributed by atoms with Crippen LogP contribution in [0.25, 0.3) is 31.8 Å². The first-order valence-corrected chi connectivity index (χ1v) is 11.2. The third-order valence-electron chi connectivity index (χ3n) is 5.25. The molecule has 0 atom stereocenters. The molecular formula is C26H20N2O4S. The smallest absolute Gasteiger partial charge is 0.336 e. The van der Waals surface area contributed by atoms with Crippen LogP contribution >= 0.6 is 11.3 Å². The molecule has 0 aliphatic rings. The fraction of sp³-hybridized carbons (Fsp3) is 0.115. The zero-order valence-electron chi connectivity index (χ0n) is 18.0. The van der Waals surface area contributed by atoms with E-state index in [9.17, 15) is 9.59 Å². The Morgan fingerprint density at radius 2 is 1.85 bits per heavy atom. The number of hydrogen-bond donors (Lipinski definition) is 1. The second-order valence-corrected chi connectivity index (χ2v) is 8.84. The van der Waals surface area contributed by atoms with E-state index >= 15 is 0 Å². The van der Waals surface area contributed by atoms with Crippen molar-refractivity contribution in [1.82, 2.24) is 4.98 Å². The van der Waals surface area contributed by atoms with Gasteiger partial charge in [0.05, 0.1) is 10.2 Å². The Bertz CT molecular complexity index is 1550. The topological polar surface area (TPSA) is 81.4 Å². The van der Waals surface area contributed by atoms with Gasteiger partial charge in [0.1, 0.15) is 16.3 Å². The van der Waals surface area contributed by atoms with Gasteiger partial charge in [-0.3, -0.25) is 4.79 Å². The first kappa shape index (κ1) is 20.9. The van der Waals surface area contributed by atoms with Crippen molar-refractivity contribution in [2.24, 2.45) is 0 Å². The number of hydrogen-bond acceptors (Lipinski definition) is 6. The van der Waals surface area contributed by atoms with E-state index in [1.165, 1.54) is 11.6 Å². The van der Waals surface area contributed by atoms with Gasteiger partial charge in [-0.25, -0.2) is 9.78 Å². The Morgan fingerprint density at radius 1 is 1.03 bits per heavy atom. The predicted molar refractivity (Wildman–Crippen MR) is 131 cm³/mol. The number of aryl methyl sites for hydroxylation is 2. The molecule has 3 aromatic carbocycles. The van der Waals surface area contributed by atoms with Gasteiger partial charge >= 0.3 is 5.63 Å². The van der Waals surface area contributed by atoms with Crippen LogP contribution in [0.4, 0.5) is 5.69 Å². The van der Waals surface area contributed by atoms with E-state index in [-0.39, 0.29) is 12.5 Å². The van der Waals surface area contributed by atoms with E-state index in [1.807, 2.05) is 43.3 Å². The molecule has 0 unspecified atom stereocenters. The largest absolute Gasteiger partial charge is 0.484 e. The van der Waals surface area contributed by atoms with Gasteiger partial charge in [-0.05, 0) is 73.5 Å². The normalized spacial score (nSPS) is 11.1. The molecule has 0 spiro atoms. The molecule has 0 aliphatic carbocycles. The first-order valence-electron chi connectivity index (χ1n) is 10.4. The predicted octanol–water partition coefficient (Wildman–Crippen LogP) is 5.70. The fourth-order valence-electron chi connectivity index (χ4n) is 3.59. The molecule has 0 radical (unpaired) electrons. The summed E-state index contributed by atoms with van der Waals surface area (Å²) >= 11 is 1.65. The highest BCUT2D eigenvalue weighted by Crippen LogP contribution is 2.31. The number of benzene rings is 3. The zero-order chi connectivity index (χ0) is 22.9. The standard InChI is InChI=1S/C26H20N2O4S/c1-15-3-10-21-23(11-15)33-26(28-21)17-4-6-18(7-5-17)27-24(29)14-31-19-8-9-20-16(2)12-25(30)32-22(20)13-19/h3-13H,14H2,1-2H3,(H,27,29).